The maximum absolute atomic E-state index is 11.1. The fourth-order valence-corrected chi connectivity index (χ4v) is 1.88. The number of hydrogen-bond acceptors (Lipinski definition) is 2. The van der Waals surface area contributed by atoms with Crippen LogP contribution in [0.5, 0.6) is 0 Å². The SMILES string of the molecule is CO[C@@]1(C#Cc2ccccc2C)C[C@@H]1C(N)=O. The van der Waals surface area contributed by atoms with E-state index in [1.54, 1.807) is 7.11 Å². The van der Waals surface area contributed by atoms with Crippen LogP contribution in [0.15, 0.2) is 24.3 Å². The predicted octanol–water partition coefficient (Wildman–Crippen LogP) is 1.24. The summed E-state index contributed by atoms with van der Waals surface area (Å²) in [5, 5.41) is 0. The second-order valence-electron chi connectivity index (χ2n) is 4.32. The minimum absolute atomic E-state index is 0.274. The molecule has 0 unspecified atom stereocenters. The molecule has 2 N–H and O–H groups in total. The Morgan fingerprint density at radius 2 is 2.24 bits per heavy atom. The Morgan fingerprint density at radius 1 is 1.53 bits per heavy atom. The van der Waals surface area contributed by atoms with Crippen LogP contribution in [-0.4, -0.2) is 18.6 Å². The number of ether oxygens (including phenoxy) is 1. The minimum atomic E-state index is -0.659. The van der Waals surface area contributed by atoms with Crippen LogP contribution in [0, 0.1) is 24.7 Å². The monoisotopic (exact) mass is 229 g/mol. The van der Waals surface area contributed by atoms with Gasteiger partial charge in [-0.05, 0) is 18.6 Å². The summed E-state index contributed by atoms with van der Waals surface area (Å²) in [6.07, 6.45) is 0.595. The van der Waals surface area contributed by atoms with Crippen LogP contribution < -0.4 is 5.73 Å². The molecule has 0 saturated heterocycles. The smallest absolute Gasteiger partial charge is 0.224 e. The number of carbonyl (C=O) groups excluding carboxylic acids is 1. The van der Waals surface area contributed by atoms with E-state index < -0.39 is 5.60 Å². The second-order valence-corrected chi connectivity index (χ2v) is 4.32. The highest BCUT2D eigenvalue weighted by Crippen LogP contribution is 2.45. The highest BCUT2D eigenvalue weighted by molar-refractivity contribution is 5.83. The van der Waals surface area contributed by atoms with E-state index in [1.807, 2.05) is 31.2 Å². The first-order valence-electron chi connectivity index (χ1n) is 5.52. The van der Waals surface area contributed by atoms with Gasteiger partial charge in [-0.1, -0.05) is 30.0 Å². The summed E-state index contributed by atoms with van der Waals surface area (Å²) >= 11 is 0. The zero-order valence-electron chi connectivity index (χ0n) is 9.99. The fraction of sp³-hybridized carbons (Fsp3) is 0.357. The van der Waals surface area contributed by atoms with E-state index in [0.29, 0.717) is 6.42 Å². The van der Waals surface area contributed by atoms with E-state index in [9.17, 15) is 4.79 Å². The molecule has 0 bridgehead atoms. The van der Waals surface area contributed by atoms with Crippen molar-refractivity contribution in [3.8, 4) is 11.8 Å². The summed E-state index contributed by atoms with van der Waals surface area (Å²) in [5.74, 6) is 5.49. The van der Waals surface area contributed by atoms with Crippen molar-refractivity contribution in [1.82, 2.24) is 0 Å². The van der Waals surface area contributed by atoms with E-state index in [2.05, 4.69) is 11.8 Å². The van der Waals surface area contributed by atoms with Gasteiger partial charge in [-0.25, -0.2) is 0 Å². The maximum atomic E-state index is 11.1. The van der Waals surface area contributed by atoms with Gasteiger partial charge in [-0.3, -0.25) is 4.79 Å². The largest absolute Gasteiger partial charge is 0.369 e. The van der Waals surface area contributed by atoms with Crippen molar-refractivity contribution in [2.45, 2.75) is 18.9 Å². The number of benzene rings is 1. The molecule has 17 heavy (non-hydrogen) atoms. The van der Waals surface area contributed by atoms with Gasteiger partial charge in [0.05, 0.1) is 5.92 Å². The lowest BCUT2D eigenvalue weighted by Crippen LogP contribution is -2.22. The number of methoxy groups -OCH3 is 1. The Labute approximate surface area is 101 Å². The van der Waals surface area contributed by atoms with E-state index in [1.165, 1.54) is 0 Å². The molecule has 1 fully saturated rings. The third-order valence-electron chi connectivity index (χ3n) is 3.17. The normalized spacial score (nSPS) is 25.9. The lowest BCUT2D eigenvalue weighted by molar-refractivity contribution is -0.120. The average Bonchev–Trinajstić information content (AvgIpc) is 3.04. The van der Waals surface area contributed by atoms with Gasteiger partial charge in [0.25, 0.3) is 0 Å². The number of rotatable bonds is 2. The Kier molecular flexibility index (Phi) is 2.91. The van der Waals surface area contributed by atoms with Gasteiger partial charge in [0.15, 0.2) is 0 Å². The van der Waals surface area contributed by atoms with E-state index in [-0.39, 0.29) is 11.8 Å². The van der Waals surface area contributed by atoms with Gasteiger partial charge < -0.3 is 10.5 Å². The standard InChI is InChI=1S/C14H15NO2/c1-10-5-3-4-6-11(10)7-8-14(17-2)9-12(14)13(15)16/h3-6,12H,9H2,1-2H3,(H2,15,16)/t12-,14+/m1/s1. The Bertz CT molecular complexity index is 512. The van der Waals surface area contributed by atoms with Crippen molar-refractivity contribution < 1.29 is 9.53 Å². The second kappa shape index (κ2) is 4.23. The van der Waals surface area contributed by atoms with E-state index in [0.717, 1.165) is 11.1 Å². The first-order valence-corrected chi connectivity index (χ1v) is 5.52. The van der Waals surface area contributed by atoms with Crippen molar-refractivity contribution in [3.63, 3.8) is 0 Å². The zero-order chi connectivity index (χ0) is 12.5. The lowest BCUT2D eigenvalue weighted by Gasteiger charge is -2.05. The van der Waals surface area contributed by atoms with Crippen LogP contribution >= 0.6 is 0 Å². The number of hydrogen-bond donors (Lipinski definition) is 1. The molecule has 1 aliphatic rings. The molecule has 0 aliphatic heterocycles. The first kappa shape index (κ1) is 11.7. The van der Waals surface area contributed by atoms with Gasteiger partial charge >= 0.3 is 0 Å². The lowest BCUT2D eigenvalue weighted by atomic mass is 10.1. The summed E-state index contributed by atoms with van der Waals surface area (Å²) in [5.41, 5.74) is 6.67. The predicted molar refractivity (Wildman–Crippen MR) is 65.1 cm³/mol. The van der Waals surface area contributed by atoms with Crippen LogP contribution in [0.4, 0.5) is 0 Å². The van der Waals surface area contributed by atoms with E-state index >= 15 is 0 Å². The molecule has 3 nitrogen and oxygen atoms in total. The molecular weight excluding hydrogens is 214 g/mol. The highest BCUT2D eigenvalue weighted by Gasteiger charge is 2.57. The van der Waals surface area contributed by atoms with Crippen molar-refractivity contribution in [2.75, 3.05) is 7.11 Å². The van der Waals surface area contributed by atoms with Crippen LogP contribution in [-0.2, 0) is 9.53 Å². The van der Waals surface area contributed by atoms with Crippen molar-refractivity contribution in [3.05, 3.63) is 35.4 Å². The third-order valence-corrected chi connectivity index (χ3v) is 3.17. The molecule has 1 aliphatic carbocycles. The molecule has 0 heterocycles. The summed E-state index contributed by atoms with van der Waals surface area (Å²) in [4.78, 5) is 11.1. The number of aryl methyl sites for hydroxylation is 1. The van der Waals surface area contributed by atoms with Gasteiger partial charge in [0, 0.05) is 19.1 Å². The molecule has 1 aromatic carbocycles. The minimum Gasteiger partial charge on any atom is -0.369 e. The van der Waals surface area contributed by atoms with Crippen molar-refractivity contribution in [1.29, 1.82) is 0 Å². The van der Waals surface area contributed by atoms with Crippen molar-refractivity contribution >= 4 is 5.91 Å². The maximum Gasteiger partial charge on any atom is 0.224 e. The number of carbonyl (C=O) groups is 1. The Balaban J connectivity index is 2.23. The molecule has 0 spiro atoms. The summed E-state index contributed by atoms with van der Waals surface area (Å²) in [7, 11) is 1.56. The highest BCUT2D eigenvalue weighted by atomic mass is 16.5. The molecular formula is C14H15NO2. The number of primary amides is 1. The first-order chi connectivity index (χ1) is 8.09. The zero-order valence-corrected chi connectivity index (χ0v) is 9.99. The summed E-state index contributed by atoms with van der Waals surface area (Å²) in [6, 6.07) is 7.86. The van der Waals surface area contributed by atoms with Crippen molar-refractivity contribution in [2.24, 2.45) is 11.7 Å². The topological polar surface area (TPSA) is 52.3 Å². The van der Waals surface area contributed by atoms with Gasteiger partial charge in [-0.2, -0.15) is 0 Å². The average molecular weight is 229 g/mol. The van der Waals surface area contributed by atoms with Crippen LogP contribution in [0.3, 0.4) is 0 Å². The number of nitrogens with two attached hydrogens (primary N) is 1. The summed E-state index contributed by atoms with van der Waals surface area (Å²) < 4.78 is 5.31. The summed E-state index contributed by atoms with van der Waals surface area (Å²) in [6.45, 7) is 2.00. The molecule has 2 rings (SSSR count). The molecule has 2 atom stereocenters. The van der Waals surface area contributed by atoms with Gasteiger partial charge in [0.1, 0.15) is 5.60 Å². The van der Waals surface area contributed by atoms with E-state index in [4.69, 9.17) is 10.5 Å². The van der Waals surface area contributed by atoms with Crippen LogP contribution in [0.2, 0.25) is 0 Å². The molecule has 0 aromatic heterocycles. The Hall–Kier alpha value is -1.79. The van der Waals surface area contributed by atoms with Crippen LogP contribution in [0.1, 0.15) is 17.5 Å². The molecule has 1 aromatic rings. The quantitative estimate of drug-likeness (QED) is 0.776. The molecule has 1 amide bonds. The van der Waals surface area contributed by atoms with Crippen LogP contribution in [0.25, 0.3) is 0 Å². The fourth-order valence-electron chi connectivity index (χ4n) is 1.88. The Morgan fingerprint density at radius 3 is 2.76 bits per heavy atom. The molecule has 1 saturated carbocycles. The third kappa shape index (κ3) is 2.17. The molecule has 3 heteroatoms. The van der Waals surface area contributed by atoms with Gasteiger partial charge in [0.2, 0.25) is 5.91 Å². The molecule has 0 radical (unpaired) electrons. The number of amides is 1. The van der Waals surface area contributed by atoms with Gasteiger partial charge in [-0.15, -0.1) is 0 Å². The molecule has 88 valence electrons.